The van der Waals surface area contributed by atoms with Crippen molar-refractivity contribution in [3.8, 4) is 0 Å². The Labute approximate surface area is 95.3 Å². The van der Waals surface area contributed by atoms with Crippen molar-refractivity contribution in [3.63, 3.8) is 0 Å². The Morgan fingerprint density at radius 2 is 2.38 bits per heavy atom. The number of hydrogen-bond donors (Lipinski definition) is 2. The van der Waals surface area contributed by atoms with E-state index in [1.54, 1.807) is 19.1 Å². The summed E-state index contributed by atoms with van der Waals surface area (Å²) < 4.78 is 4.92. The minimum Gasteiger partial charge on any atom is -0.385 e. The summed E-state index contributed by atoms with van der Waals surface area (Å²) in [4.78, 5) is 24.4. The Hall–Kier alpha value is -1.14. The van der Waals surface area contributed by atoms with Crippen LogP contribution in [0.25, 0.3) is 0 Å². The van der Waals surface area contributed by atoms with Crippen LogP contribution in [0.2, 0.25) is 0 Å². The molecule has 16 heavy (non-hydrogen) atoms. The highest BCUT2D eigenvalue weighted by Gasteiger charge is 2.25. The molecular weight excluding hydrogens is 210 g/mol. The van der Waals surface area contributed by atoms with Gasteiger partial charge in [0.25, 0.3) is 0 Å². The molecule has 0 bridgehead atoms. The SMILES string of the molecule is COCCCN(C)C(=O)C1CNC(=O)CN1. The Balaban J connectivity index is 2.29. The standard InChI is InChI=1S/C10H19N3O3/c1-13(4-3-5-16-2)10(15)8-6-12-9(14)7-11-8/h8,11H,3-7H2,1-2H3,(H,12,14). The number of ether oxygens (including phenoxy) is 1. The lowest BCUT2D eigenvalue weighted by Gasteiger charge is -2.27. The summed E-state index contributed by atoms with van der Waals surface area (Å²) in [7, 11) is 3.40. The predicted molar refractivity (Wildman–Crippen MR) is 58.9 cm³/mol. The lowest BCUT2D eigenvalue weighted by Crippen LogP contribution is -2.58. The van der Waals surface area contributed by atoms with Crippen molar-refractivity contribution in [2.45, 2.75) is 12.5 Å². The normalized spacial score (nSPS) is 20.4. The van der Waals surface area contributed by atoms with E-state index in [1.807, 2.05) is 0 Å². The number of methoxy groups -OCH3 is 1. The monoisotopic (exact) mass is 229 g/mol. The molecule has 0 aromatic rings. The van der Waals surface area contributed by atoms with Crippen LogP contribution in [0.4, 0.5) is 0 Å². The second-order valence-corrected chi connectivity index (χ2v) is 3.84. The first-order valence-corrected chi connectivity index (χ1v) is 5.39. The molecule has 1 aliphatic rings. The molecule has 0 aliphatic carbocycles. The van der Waals surface area contributed by atoms with Gasteiger partial charge in [-0.3, -0.25) is 14.9 Å². The molecule has 1 atom stereocenters. The van der Waals surface area contributed by atoms with E-state index in [0.717, 1.165) is 6.42 Å². The van der Waals surface area contributed by atoms with Crippen LogP contribution < -0.4 is 10.6 Å². The summed E-state index contributed by atoms with van der Waals surface area (Å²) in [5.41, 5.74) is 0. The number of amides is 2. The molecule has 2 N–H and O–H groups in total. The maximum Gasteiger partial charge on any atom is 0.241 e. The van der Waals surface area contributed by atoms with Crippen LogP contribution in [-0.4, -0.2) is 63.2 Å². The van der Waals surface area contributed by atoms with E-state index < -0.39 is 0 Å². The third-order valence-corrected chi connectivity index (χ3v) is 2.53. The molecular formula is C10H19N3O3. The van der Waals surface area contributed by atoms with Crippen molar-refractivity contribution < 1.29 is 14.3 Å². The number of piperazine rings is 1. The van der Waals surface area contributed by atoms with Gasteiger partial charge in [-0.1, -0.05) is 0 Å². The Morgan fingerprint density at radius 3 is 2.94 bits per heavy atom. The smallest absolute Gasteiger partial charge is 0.241 e. The van der Waals surface area contributed by atoms with E-state index in [2.05, 4.69) is 10.6 Å². The molecule has 1 saturated heterocycles. The van der Waals surface area contributed by atoms with E-state index in [9.17, 15) is 9.59 Å². The molecule has 0 spiro atoms. The van der Waals surface area contributed by atoms with Gasteiger partial charge in [0.1, 0.15) is 6.04 Å². The van der Waals surface area contributed by atoms with Crippen LogP contribution in [0.1, 0.15) is 6.42 Å². The molecule has 6 nitrogen and oxygen atoms in total. The maximum atomic E-state index is 11.9. The maximum absolute atomic E-state index is 11.9. The summed E-state index contributed by atoms with van der Waals surface area (Å²) in [6.45, 7) is 1.89. The highest BCUT2D eigenvalue weighted by Crippen LogP contribution is 1.97. The fourth-order valence-corrected chi connectivity index (χ4v) is 1.56. The van der Waals surface area contributed by atoms with Crippen molar-refractivity contribution >= 4 is 11.8 Å². The average Bonchev–Trinajstić information content (AvgIpc) is 2.29. The molecule has 0 saturated carbocycles. The second kappa shape index (κ2) is 6.44. The number of nitrogens with zero attached hydrogens (tertiary/aromatic N) is 1. The van der Waals surface area contributed by atoms with Crippen molar-refractivity contribution in [2.24, 2.45) is 0 Å². The first-order chi connectivity index (χ1) is 7.65. The molecule has 0 aromatic heterocycles. The first kappa shape index (κ1) is 12.9. The molecule has 1 heterocycles. The number of nitrogens with one attached hydrogen (secondary N) is 2. The van der Waals surface area contributed by atoms with Gasteiger partial charge in [0.15, 0.2) is 0 Å². The van der Waals surface area contributed by atoms with Gasteiger partial charge in [-0.2, -0.15) is 0 Å². The highest BCUT2D eigenvalue weighted by atomic mass is 16.5. The van der Waals surface area contributed by atoms with E-state index in [1.165, 1.54) is 0 Å². The number of carbonyl (C=O) groups excluding carboxylic acids is 2. The molecule has 92 valence electrons. The third kappa shape index (κ3) is 3.79. The van der Waals surface area contributed by atoms with Gasteiger partial charge in [-0.25, -0.2) is 0 Å². The second-order valence-electron chi connectivity index (χ2n) is 3.84. The Morgan fingerprint density at radius 1 is 1.62 bits per heavy atom. The molecule has 2 amide bonds. The summed E-state index contributed by atoms with van der Waals surface area (Å²) in [5, 5.41) is 5.57. The molecule has 1 aliphatic heterocycles. The van der Waals surface area contributed by atoms with Crippen LogP contribution in [-0.2, 0) is 14.3 Å². The minimum absolute atomic E-state index is 0.0103. The van der Waals surface area contributed by atoms with Gasteiger partial charge in [0.05, 0.1) is 6.54 Å². The summed E-state index contributed by atoms with van der Waals surface area (Å²) in [6.07, 6.45) is 0.817. The predicted octanol–water partition coefficient (Wildman–Crippen LogP) is -1.43. The van der Waals surface area contributed by atoms with Crippen LogP contribution in [0.5, 0.6) is 0 Å². The van der Waals surface area contributed by atoms with E-state index in [-0.39, 0.29) is 24.4 Å². The van der Waals surface area contributed by atoms with Crippen molar-refractivity contribution in [1.29, 1.82) is 0 Å². The average molecular weight is 229 g/mol. The zero-order valence-electron chi connectivity index (χ0n) is 9.78. The van der Waals surface area contributed by atoms with Crippen LogP contribution in [0, 0.1) is 0 Å². The Bertz CT molecular complexity index is 248. The third-order valence-electron chi connectivity index (χ3n) is 2.53. The van der Waals surface area contributed by atoms with Crippen LogP contribution in [0.3, 0.4) is 0 Å². The lowest BCUT2D eigenvalue weighted by atomic mass is 10.2. The van der Waals surface area contributed by atoms with Gasteiger partial charge in [-0.15, -0.1) is 0 Å². The largest absolute Gasteiger partial charge is 0.385 e. The van der Waals surface area contributed by atoms with Crippen LogP contribution >= 0.6 is 0 Å². The van der Waals surface area contributed by atoms with Crippen molar-refractivity contribution in [1.82, 2.24) is 15.5 Å². The number of hydrogen-bond acceptors (Lipinski definition) is 4. The van der Waals surface area contributed by atoms with Crippen LogP contribution in [0.15, 0.2) is 0 Å². The zero-order valence-corrected chi connectivity index (χ0v) is 9.78. The number of likely N-dealkylation sites (N-methyl/N-ethyl adjacent to an activating group) is 1. The molecule has 0 aromatic carbocycles. The highest BCUT2D eigenvalue weighted by molar-refractivity contribution is 5.86. The van der Waals surface area contributed by atoms with E-state index >= 15 is 0 Å². The van der Waals surface area contributed by atoms with E-state index in [4.69, 9.17) is 4.74 Å². The molecule has 1 unspecified atom stereocenters. The quantitative estimate of drug-likeness (QED) is 0.567. The van der Waals surface area contributed by atoms with E-state index in [0.29, 0.717) is 19.7 Å². The fraction of sp³-hybridized carbons (Fsp3) is 0.800. The molecule has 0 radical (unpaired) electrons. The summed E-state index contributed by atoms with van der Waals surface area (Å²) in [5.74, 6) is -0.0535. The lowest BCUT2D eigenvalue weighted by molar-refractivity contribution is -0.133. The summed E-state index contributed by atoms with van der Waals surface area (Å²) in [6, 6.07) is -0.301. The fourth-order valence-electron chi connectivity index (χ4n) is 1.56. The van der Waals surface area contributed by atoms with Gasteiger partial charge in [-0.05, 0) is 6.42 Å². The number of rotatable bonds is 5. The minimum atomic E-state index is -0.301. The topological polar surface area (TPSA) is 70.7 Å². The van der Waals surface area contributed by atoms with Gasteiger partial charge in [0, 0.05) is 33.9 Å². The Kier molecular flexibility index (Phi) is 5.21. The van der Waals surface area contributed by atoms with Gasteiger partial charge < -0.3 is 15.0 Å². The molecule has 1 fully saturated rings. The van der Waals surface area contributed by atoms with Gasteiger partial charge >= 0.3 is 0 Å². The molecule has 1 rings (SSSR count). The van der Waals surface area contributed by atoms with Crippen molar-refractivity contribution in [2.75, 3.05) is 40.4 Å². The summed E-state index contributed by atoms with van der Waals surface area (Å²) >= 11 is 0. The molecule has 6 heteroatoms. The van der Waals surface area contributed by atoms with Gasteiger partial charge in [0.2, 0.25) is 11.8 Å². The zero-order chi connectivity index (χ0) is 12.0. The van der Waals surface area contributed by atoms with Crippen molar-refractivity contribution in [3.05, 3.63) is 0 Å². The first-order valence-electron chi connectivity index (χ1n) is 5.39. The number of carbonyl (C=O) groups is 2.